The summed E-state index contributed by atoms with van der Waals surface area (Å²) < 4.78 is 26.0. The Balaban J connectivity index is 1.70. The highest BCUT2D eigenvalue weighted by atomic mass is 19.1. The minimum Gasteiger partial charge on any atom is -0.493 e. The Bertz CT molecular complexity index is 1340. The third-order valence-electron chi connectivity index (χ3n) is 7.09. The van der Waals surface area contributed by atoms with Crippen LogP contribution in [0.2, 0.25) is 0 Å². The summed E-state index contributed by atoms with van der Waals surface area (Å²) in [5.41, 5.74) is 2.77. The first-order valence-electron chi connectivity index (χ1n) is 11.1. The summed E-state index contributed by atoms with van der Waals surface area (Å²) in [6.45, 7) is 4.72. The Morgan fingerprint density at radius 3 is 2.56 bits per heavy atom. The van der Waals surface area contributed by atoms with Crippen LogP contribution >= 0.6 is 0 Å². The second-order valence-corrected chi connectivity index (χ2v) is 9.21. The van der Waals surface area contributed by atoms with E-state index in [0.29, 0.717) is 29.1 Å². The number of hydrogen-bond donors (Lipinski definition) is 0. The zero-order valence-corrected chi connectivity index (χ0v) is 19.5. The van der Waals surface area contributed by atoms with Crippen molar-refractivity contribution in [1.82, 2.24) is 0 Å². The third-order valence-corrected chi connectivity index (χ3v) is 7.09. The Morgan fingerprint density at radius 1 is 1.18 bits per heavy atom. The normalized spacial score (nSPS) is 19.5. The molecule has 0 saturated heterocycles. The first-order valence-corrected chi connectivity index (χ1v) is 11.1. The molecule has 2 aliphatic rings. The lowest BCUT2D eigenvalue weighted by Crippen LogP contribution is -2.59. The molecule has 1 unspecified atom stereocenters. The van der Waals surface area contributed by atoms with E-state index in [4.69, 9.17) is 9.47 Å². The standard InChI is InChI=1S/C26H24BFN2O4/c1-25(2)19-6-4-5-7-20(19)29(15-16-8-10-17(28)11-9-16)26(25)13-12-18-23(27)21(30(31)32)14-22(33-3)24(18)34-26/h4-14H,15,27H2,1-3H3. The fourth-order valence-corrected chi connectivity index (χ4v) is 5.17. The molecule has 0 fully saturated rings. The van der Waals surface area contributed by atoms with E-state index < -0.39 is 16.1 Å². The zero-order chi connectivity index (χ0) is 24.3. The fraction of sp³-hybridized carbons (Fsp3) is 0.231. The highest BCUT2D eigenvalue weighted by molar-refractivity contribution is 6.37. The van der Waals surface area contributed by atoms with Gasteiger partial charge in [0.1, 0.15) is 13.7 Å². The van der Waals surface area contributed by atoms with E-state index in [0.717, 1.165) is 16.8 Å². The van der Waals surface area contributed by atoms with Crippen LogP contribution in [0.1, 0.15) is 30.5 Å². The van der Waals surface area contributed by atoms with Gasteiger partial charge in [-0.05, 0) is 60.8 Å². The molecule has 172 valence electrons. The topological polar surface area (TPSA) is 64.8 Å². The van der Waals surface area contributed by atoms with Gasteiger partial charge in [0.05, 0.1) is 23.5 Å². The van der Waals surface area contributed by atoms with Crippen molar-refractivity contribution in [2.24, 2.45) is 0 Å². The van der Waals surface area contributed by atoms with Crippen LogP contribution in [0.5, 0.6) is 11.5 Å². The average Bonchev–Trinajstić information content (AvgIpc) is 2.99. The van der Waals surface area contributed by atoms with E-state index in [9.17, 15) is 14.5 Å². The minimum atomic E-state index is -0.937. The van der Waals surface area contributed by atoms with Crippen LogP contribution in [0, 0.1) is 15.9 Å². The van der Waals surface area contributed by atoms with E-state index in [1.165, 1.54) is 25.3 Å². The Kier molecular flexibility index (Phi) is 4.93. The molecular weight excluding hydrogens is 434 g/mol. The monoisotopic (exact) mass is 458 g/mol. The van der Waals surface area contributed by atoms with Crippen LogP contribution in [-0.4, -0.2) is 25.6 Å². The number of hydrogen-bond acceptors (Lipinski definition) is 5. The first-order chi connectivity index (χ1) is 16.2. The van der Waals surface area contributed by atoms with Crippen molar-refractivity contribution in [3.05, 3.63) is 93.3 Å². The summed E-state index contributed by atoms with van der Waals surface area (Å²) in [4.78, 5) is 13.4. The molecule has 0 bridgehead atoms. The summed E-state index contributed by atoms with van der Waals surface area (Å²) in [6, 6.07) is 16.0. The van der Waals surface area contributed by atoms with Crippen LogP contribution in [0.15, 0.2) is 60.7 Å². The van der Waals surface area contributed by atoms with Crippen molar-refractivity contribution in [1.29, 1.82) is 0 Å². The number of halogens is 1. The smallest absolute Gasteiger partial charge is 0.267 e. The number of anilines is 1. The molecular formula is C26H24BFN2O4. The van der Waals surface area contributed by atoms with E-state index in [1.54, 1.807) is 20.0 Å². The maximum atomic E-state index is 13.6. The Hall–Kier alpha value is -3.81. The van der Waals surface area contributed by atoms with Gasteiger partial charge in [-0.25, -0.2) is 4.39 Å². The van der Waals surface area contributed by atoms with Crippen LogP contribution in [0.4, 0.5) is 15.8 Å². The van der Waals surface area contributed by atoms with Gasteiger partial charge >= 0.3 is 0 Å². The van der Waals surface area contributed by atoms with E-state index in [-0.39, 0.29) is 11.5 Å². The van der Waals surface area contributed by atoms with E-state index >= 15 is 0 Å². The van der Waals surface area contributed by atoms with Crippen LogP contribution < -0.4 is 19.8 Å². The van der Waals surface area contributed by atoms with Gasteiger partial charge in [-0.3, -0.25) is 10.1 Å². The molecule has 5 rings (SSSR count). The fourth-order valence-electron chi connectivity index (χ4n) is 5.17. The Labute approximate surface area is 198 Å². The number of nitro groups is 1. The molecule has 0 N–H and O–H groups in total. The lowest BCUT2D eigenvalue weighted by molar-refractivity contribution is -0.383. The largest absolute Gasteiger partial charge is 0.493 e. The second kappa shape index (κ2) is 7.62. The number of nitrogens with zero attached hydrogens (tertiary/aromatic N) is 2. The molecule has 1 atom stereocenters. The molecule has 3 aromatic rings. The van der Waals surface area contributed by atoms with Gasteiger partial charge < -0.3 is 14.4 Å². The van der Waals surface area contributed by atoms with E-state index in [2.05, 4.69) is 30.9 Å². The molecule has 3 aromatic carbocycles. The summed E-state index contributed by atoms with van der Waals surface area (Å²) >= 11 is 0. The highest BCUT2D eigenvalue weighted by Crippen LogP contribution is 2.56. The SMILES string of the molecule is Bc1c([N+](=O)[O-])cc(OC)c2c1C=CC1(O2)N(Cc2ccc(F)cc2)c2ccccc2C1(C)C. The van der Waals surface area contributed by atoms with Gasteiger partial charge in [0.2, 0.25) is 5.72 Å². The molecule has 34 heavy (non-hydrogen) atoms. The van der Waals surface area contributed by atoms with Crippen molar-refractivity contribution in [2.75, 3.05) is 12.0 Å². The molecule has 2 heterocycles. The second-order valence-electron chi connectivity index (χ2n) is 9.21. The number of benzene rings is 3. The number of rotatable bonds is 4. The maximum absolute atomic E-state index is 13.6. The predicted octanol–water partition coefficient (Wildman–Crippen LogP) is 4.10. The number of methoxy groups -OCH3 is 1. The molecule has 0 amide bonds. The molecule has 0 saturated carbocycles. The van der Waals surface area contributed by atoms with Crippen LogP contribution in [0.3, 0.4) is 0 Å². The van der Waals surface area contributed by atoms with Crippen LogP contribution in [0.25, 0.3) is 6.08 Å². The maximum Gasteiger partial charge on any atom is 0.267 e. The van der Waals surface area contributed by atoms with Crippen molar-refractivity contribution < 1.29 is 18.8 Å². The lowest BCUT2D eigenvalue weighted by atomic mass is 9.75. The molecule has 0 aromatic heterocycles. The van der Waals surface area contributed by atoms with Gasteiger partial charge in [-0.2, -0.15) is 0 Å². The molecule has 2 aliphatic heterocycles. The lowest BCUT2D eigenvalue weighted by Gasteiger charge is -2.47. The van der Waals surface area contributed by atoms with Gasteiger partial charge in [0.15, 0.2) is 11.5 Å². The molecule has 0 aliphatic carbocycles. The first kappa shape index (κ1) is 22.0. The molecule has 6 nitrogen and oxygen atoms in total. The van der Waals surface area contributed by atoms with Gasteiger partial charge in [0.25, 0.3) is 5.69 Å². The van der Waals surface area contributed by atoms with Gasteiger partial charge in [-0.1, -0.05) is 30.3 Å². The van der Waals surface area contributed by atoms with Crippen molar-refractivity contribution in [2.45, 2.75) is 31.5 Å². The number of ether oxygens (including phenoxy) is 2. The summed E-state index contributed by atoms with van der Waals surface area (Å²) in [6.07, 6.45) is 3.88. The number of para-hydroxylation sites is 1. The third kappa shape index (κ3) is 3.01. The Morgan fingerprint density at radius 2 is 1.88 bits per heavy atom. The van der Waals surface area contributed by atoms with Crippen LogP contribution in [-0.2, 0) is 12.0 Å². The summed E-state index contributed by atoms with van der Waals surface area (Å²) in [5.74, 6) is 0.493. The predicted molar refractivity (Wildman–Crippen MR) is 132 cm³/mol. The molecule has 0 radical (unpaired) electrons. The summed E-state index contributed by atoms with van der Waals surface area (Å²) in [5, 5.41) is 11.6. The van der Waals surface area contributed by atoms with Crippen molar-refractivity contribution in [3.8, 4) is 11.5 Å². The quantitative estimate of drug-likeness (QED) is 0.335. The highest BCUT2D eigenvalue weighted by Gasteiger charge is 2.59. The minimum absolute atomic E-state index is 0.0167. The number of nitro benzene ring substituents is 1. The molecule has 8 heteroatoms. The van der Waals surface area contributed by atoms with Crippen molar-refractivity contribution in [3.63, 3.8) is 0 Å². The van der Waals surface area contributed by atoms with E-state index in [1.807, 2.05) is 24.3 Å². The molecule has 1 spiro atoms. The average molecular weight is 458 g/mol. The van der Waals surface area contributed by atoms with Crippen molar-refractivity contribution >= 4 is 30.8 Å². The summed E-state index contributed by atoms with van der Waals surface area (Å²) in [7, 11) is 3.20. The van der Waals surface area contributed by atoms with Gasteiger partial charge in [0, 0.05) is 17.8 Å². The zero-order valence-electron chi connectivity index (χ0n) is 19.5. The van der Waals surface area contributed by atoms with Gasteiger partial charge in [-0.15, -0.1) is 0 Å². The number of fused-ring (bicyclic) bond motifs is 2.